The topological polar surface area (TPSA) is 139 Å². The zero-order valence-electron chi connectivity index (χ0n) is 10.6. The minimum absolute atomic E-state index is 0.0379. The van der Waals surface area contributed by atoms with Gasteiger partial charge in [0.2, 0.25) is 17.7 Å². The summed E-state index contributed by atoms with van der Waals surface area (Å²) >= 11 is 0. The van der Waals surface area contributed by atoms with Crippen molar-refractivity contribution in [1.29, 1.82) is 0 Å². The molecule has 0 radical (unpaired) electrons. The van der Waals surface area contributed by atoms with Gasteiger partial charge in [0.05, 0.1) is 11.5 Å². The molecule has 1 heterocycles. The van der Waals surface area contributed by atoms with Crippen LogP contribution in [0.2, 0.25) is 0 Å². The van der Waals surface area contributed by atoms with E-state index in [2.05, 4.69) is 20.7 Å². The highest BCUT2D eigenvalue weighted by atomic mass is 16.6. The number of carbonyl (C=O) groups is 1. The van der Waals surface area contributed by atoms with Crippen LogP contribution in [0.3, 0.4) is 0 Å². The molecule has 1 aromatic heterocycles. The van der Waals surface area contributed by atoms with Crippen molar-refractivity contribution in [2.45, 2.75) is 6.92 Å². The molecule has 0 fully saturated rings. The van der Waals surface area contributed by atoms with E-state index in [0.29, 0.717) is 6.54 Å². The molecule has 0 aliphatic carbocycles. The van der Waals surface area contributed by atoms with Gasteiger partial charge in [-0.3, -0.25) is 20.3 Å². The Morgan fingerprint density at radius 2 is 2.32 bits per heavy atom. The number of likely N-dealkylation sites (N-methyl/N-ethyl adjacent to an activating group) is 2. The highest BCUT2D eigenvalue weighted by Crippen LogP contribution is 2.25. The average molecular weight is 269 g/mol. The molecule has 1 rings (SSSR count). The molecular weight excluding hydrogens is 254 g/mol. The Bertz CT molecular complexity index is 479. The molecule has 19 heavy (non-hydrogen) atoms. The van der Waals surface area contributed by atoms with Crippen molar-refractivity contribution in [3.8, 4) is 0 Å². The Morgan fingerprint density at radius 3 is 2.79 bits per heavy atom. The van der Waals surface area contributed by atoms with E-state index in [4.69, 9.17) is 5.84 Å². The fourth-order valence-corrected chi connectivity index (χ4v) is 1.39. The molecule has 10 heteroatoms. The van der Waals surface area contributed by atoms with E-state index in [9.17, 15) is 14.9 Å². The lowest BCUT2D eigenvalue weighted by Gasteiger charge is -2.20. The SMILES string of the molecule is CCN(CC(=O)NC)c1nc(NN)ncc1[N+](=O)[O-]. The molecule has 104 valence electrons. The van der Waals surface area contributed by atoms with Crippen molar-refractivity contribution in [2.24, 2.45) is 5.84 Å². The van der Waals surface area contributed by atoms with Gasteiger partial charge >= 0.3 is 5.69 Å². The number of hydrogen-bond donors (Lipinski definition) is 3. The molecule has 0 aliphatic heterocycles. The summed E-state index contributed by atoms with van der Waals surface area (Å²) in [6.07, 6.45) is 1.05. The number of carbonyl (C=O) groups excluding carboxylic acids is 1. The lowest BCUT2D eigenvalue weighted by Crippen LogP contribution is -2.36. The predicted octanol–water partition coefficient (Wildman–Crippen LogP) is -0.757. The second-order valence-corrected chi connectivity index (χ2v) is 3.49. The monoisotopic (exact) mass is 269 g/mol. The van der Waals surface area contributed by atoms with Crippen LogP contribution < -0.4 is 21.5 Å². The summed E-state index contributed by atoms with van der Waals surface area (Å²) in [7, 11) is 1.48. The third-order valence-corrected chi connectivity index (χ3v) is 2.37. The van der Waals surface area contributed by atoms with Gasteiger partial charge in [-0.2, -0.15) is 4.98 Å². The molecular formula is C9H15N7O3. The molecule has 1 aromatic rings. The largest absolute Gasteiger partial charge is 0.358 e. The van der Waals surface area contributed by atoms with E-state index in [1.807, 2.05) is 0 Å². The Hall–Kier alpha value is -2.49. The molecule has 0 atom stereocenters. The first-order valence-corrected chi connectivity index (χ1v) is 5.47. The third kappa shape index (κ3) is 3.48. The second-order valence-electron chi connectivity index (χ2n) is 3.49. The van der Waals surface area contributed by atoms with Crippen LogP contribution in [0, 0.1) is 10.1 Å². The van der Waals surface area contributed by atoms with E-state index in [1.54, 1.807) is 6.92 Å². The summed E-state index contributed by atoms with van der Waals surface area (Å²) in [5.74, 6) is 4.97. The zero-order valence-corrected chi connectivity index (χ0v) is 10.6. The summed E-state index contributed by atoms with van der Waals surface area (Å²) in [5.41, 5.74) is 1.92. The summed E-state index contributed by atoms with van der Waals surface area (Å²) in [6, 6.07) is 0. The van der Waals surface area contributed by atoms with Gasteiger partial charge in [0, 0.05) is 13.6 Å². The highest BCUT2D eigenvalue weighted by Gasteiger charge is 2.23. The number of nitrogens with one attached hydrogen (secondary N) is 2. The first-order valence-electron chi connectivity index (χ1n) is 5.47. The lowest BCUT2D eigenvalue weighted by atomic mass is 10.4. The van der Waals surface area contributed by atoms with Gasteiger partial charge in [-0.05, 0) is 6.92 Å². The molecule has 1 amide bonds. The van der Waals surface area contributed by atoms with Gasteiger partial charge in [0.1, 0.15) is 6.20 Å². The Kier molecular flexibility index (Phi) is 4.94. The van der Waals surface area contributed by atoms with Crippen molar-refractivity contribution >= 4 is 23.4 Å². The van der Waals surface area contributed by atoms with Gasteiger partial charge < -0.3 is 10.2 Å². The Labute approximate surface area is 109 Å². The maximum absolute atomic E-state index is 11.4. The predicted molar refractivity (Wildman–Crippen MR) is 68.5 cm³/mol. The third-order valence-electron chi connectivity index (χ3n) is 2.37. The van der Waals surface area contributed by atoms with Crippen molar-refractivity contribution in [2.75, 3.05) is 30.5 Å². The van der Waals surface area contributed by atoms with Crippen LogP contribution in [0.25, 0.3) is 0 Å². The maximum Gasteiger partial charge on any atom is 0.329 e. The highest BCUT2D eigenvalue weighted by molar-refractivity contribution is 5.81. The fourth-order valence-electron chi connectivity index (χ4n) is 1.39. The van der Waals surface area contributed by atoms with Crippen LogP contribution in [0.15, 0.2) is 6.20 Å². The summed E-state index contributed by atoms with van der Waals surface area (Å²) < 4.78 is 0. The van der Waals surface area contributed by atoms with Gasteiger partial charge in [-0.1, -0.05) is 0 Å². The number of nitrogen functional groups attached to an aromatic ring is 1. The van der Waals surface area contributed by atoms with Gasteiger partial charge in [-0.15, -0.1) is 0 Å². The van der Waals surface area contributed by atoms with Crippen LogP contribution in [0.4, 0.5) is 17.5 Å². The van der Waals surface area contributed by atoms with Crippen LogP contribution in [-0.4, -0.2) is 40.9 Å². The van der Waals surface area contributed by atoms with Crippen LogP contribution in [0.5, 0.6) is 0 Å². The Balaban J connectivity index is 3.18. The average Bonchev–Trinajstić information content (AvgIpc) is 2.43. The van der Waals surface area contributed by atoms with Crippen molar-refractivity contribution in [3.63, 3.8) is 0 Å². The smallest absolute Gasteiger partial charge is 0.329 e. The van der Waals surface area contributed by atoms with E-state index >= 15 is 0 Å². The second kappa shape index (κ2) is 6.44. The minimum atomic E-state index is -0.609. The molecule has 0 bridgehead atoms. The molecule has 4 N–H and O–H groups in total. The number of aromatic nitrogens is 2. The van der Waals surface area contributed by atoms with E-state index in [1.165, 1.54) is 11.9 Å². The van der Waals surface area contributed by atoms with Crippen molar-refractivity contribution < 1.29 is 9.72 Å². The number of nitro groups is 1. The maximum atomic E-state index is 11.4. The molecule has 0 saturated carbocycles. The fraction of sp³-hybridized carbons (Fsp3) is 0.444. The van der Waals surface area contributed by atoms with Crippen LogP contribution >= 0.6 is 0 Å². The van der Waals surface area contributed by atoms with Crippen LogP contribution in [-0.2, 0) is 4.79 Å². The number of anilines is 2. The van der Waals surface area contributed by atoms with Gasteiger partial charge in [0.25, 0.3) is 0 Å². The number of nitrogens with two attached hydrogens (primary N) is 1. The van der Waals surface area contributed by atoms with E-state index < -0.39 is 4.92 Å². The number of hydrogen-bond acceptors (Lipinski definition) is 8. The first kappa shape index (κ1) is 14.6. The standard InChI is InChI=1S/C9H15N7O3/c1-3-15(5-7(17)11-2)8-6(16(18)19)4-12-9(13-8)14-10/h4H,3,5,10H2,1-2H3,(H,11,17)(H,12,13,14). The zero-order chi connectivity index (χ0) is 14.4. The molecule has 0 aromatic carbocycles. The minimum Gasteiger partial charge on any atom is -0.358 e. The Morgan fingerprint density at radius 1 is 1.63 bits per heavy atom. The van der Waals surface area contributed by atoms with Gasteiger partial charge in [-0.25, -0.2) is 10.8 Å². The number of amides is 1. The number of rotatable bonds is 6. The summed E-state index contributed by atoms with van der Waals surface area (Å²) in [4.78, 5) is 30.8. The summed E-state index contributed by atoms with van der Waals surface area (Å²) in [5, 5.41) is 13.4. The van der Waals surface area contributed by atoms with Crippen LogP contribution in [0.1, 0.15) is 6.92 Å². The molecule has 0 unspecified atom stereocenters. The number of nitrogens with zero attached hydrogens (tertiary/aromatic N) is 4. The molecule has 0 saturated heterocycles. The first-order chi connectivity index (χ1) is 9.03. The molecule has 10 nitrogen and oxygen atoms in total. The summed E-state index contributed by atoms with van der Waals surface area (Å²) in [6.45, 7) is 2.08. The lowest BCUT2D eigenvalue weighted by molar-refractivity contribution is -0.384. The quantitative estimate of drug-likeness (QED) is 0.348. The molecule has 0 aliphatic rings. The van der Waals surface area contributed by atoms with E-state index in [0.717, 1.165) is 6.20 Å². The normalized spacial score (nSPS) is 9.84. The van der Waals surface area contributed by atoms with E-state index in [-0.39, 0.29) is 29.9 Å². The molecule has 0 spiro atoms. The number of hydrazine groups is 1. The van der Waals surface area contributed by atoms with Gasteiger partial charge in [0.15, 0.2) is 0 Å². The van der Waals surface area contributed by atoms with Crippen molar-refractivity contribution in [3.05, 3.63) is 16.3 Å². The van der Waals surface area contributed by atoms with Crippen molar-refractivity contribution in [1.82, 2.24) is 15.3 Å².